The second kappa shape index (κ2) is 5.02. The van der Waals surface area contributed by atoms with Crippen molar-refractivity contribution in [2.24, 2.45) is 5.73 Å². The van der Waals surface area contributed by atoms with E-state index in [1.54, 1.807) is 12.1 Å². The Bertz CT molecular complexity index is 425. The van der Waals surface area contributed by atoms with Gasteiger partial charge in [0.25, 0.3) is 0 Å². The molecule has 0 amide bonds. The lowest BCUT2D eigenvalue weighted by Gasteiger charge is -2.47. The molecule has 0 radical (unpaired) electrons. The van der Waals surface area contributed by atoms with Crippen LogP contribution >= 0.6 is 0 Å². The van der Waals surface area contributed by atoms with Gasteiger partial charge in [-0.15, -0.1) is 13.2 Å². The zero-order chi connectivity index (χ0) is 14.1. The van der Waals surface area contributed by atoms with Crippen molar-refractivity contribution in [3.05, 3.63) is 29.8 Å². The molecule has 0 aromatic heterocycles. The monoisotopic (exact) mass is 274 g/mol. The first-order chi connectivity index (χ1) is 8.80. The predicted octanol–water partition coefficient (Wildman–Crippen LogP) is 2.51. The molecule has 0 spiro atoms. The number of likely N-dealkylation sites (tertiary alicyclic amines) is 1. The average Bonchev–Trinajstić information content (AvgIpc) is 2.27. The summed E-state index contributed by atoms with van der Waals surface area (Å²) in [7, 11) is 0. The van der Waals surface area contributed by atoms with E-state index in [2.05, 4.69) is 16.6 Å². The van der Waals surface area contributed by atoms with Crippen LogP contribution in [0.25, 0.3) is 0 Å². The summed E-state index contributed by atoms with van der Waals surface area (Å²) in [6, 6.07) is 5.95. The molecule has 1 aliphatic heterocycles. The quantitative estimate of drug-likeness (QED) is 0.917. The van der Waals surface area contributed by atoms with Gasteiger partial charge in [0.1, 0.15) is 5.75 Å². The Kier molecular flexibility index (Phi) is 3.73. The van der Waals surface area contributed by atoms with Crippen molar-refractivity contribution in [2.75, 3.05) is 13.1 Å². The molecule has 1 aliphatic rings. The van der Waals surface area contributed by atoms with Crippen LogP contribution in [0.2, 0.25) is 0 Å². The first-order valence-electron chi connectivity index (χ1n) is 6.16. The fraction of sp³-hybridized carbons (Fsp3) is 0.538. The van der Waals surface area contributed by atoms with Gasteiger partial charge in [-0.1, -0.05) is 19.1 Å². The van der Waals surface area contributed by atoms with Gasteiger partial charge in [-0.2, -0.15) is 0 Å². The van der Waals surface area contributed by atoms with Crippen LogP contribution in [-0.2, 0) is 6.54 Å². The van der Waals surface area contributed by atoms with E-state index in [0.29, 0.717) is 6.54 Å². The maximum atomic E-state index is 12.0. The van der Waals surface area contributed by atoms with E-state index in [-0.39, 0.29) is 11.3 Å². The van der Waals surface area contributed by atoms with Crippen LogP contribution in [0.3, 0.4) is 0 Å². The molecular weight excluding hydrogens is 257 g/mol. The number of nitrogens with two attached hydrogens (primary N) is 1. The minimum absolute atomic E-state index is 0.0979. The summed E-state index contributed by atoms with van der Waals surface area (Å²) in [5, 5.41) is 0. The lowest BCUT2D eigenvalue weighted by Crippen LogP contribution is -2.66. The van der Waals surface area contributed by atoms with Gasteiger partial charge in [-0.25, -0.2) is 0 Å². The highest BCUT2D eigenvalue weighted by Gasteiger charge is 2.37. The van der Waals surface area contributed by atoms with Gasteiger partial charge >= 0.3 is 6.36 Å². The molecule has 1 fully saturated rings. The Morgan fingerprint density at radius 3 is 2.32 bits per heavy atom. The topological polar surface area (TPSA) is 38.5 Å². The van der Waals surface area contributed by atoms with Crippen LogP contribution < -0.4 is 10.5 Å². The van der Waals surface area contributed by atoms with Crippen molar-refractivity contribution in [3.63, 3.8) is 0 Å². The van der Waals surface area contributed by atoms with Crippen molar-refractivity contribution in [3.8, 4) is 5.75 Å². The summed E-state index contributed by atoms with van der Waals surface area (Å²) in [6.07, 6.45) is -3.71. The largest absolute Gasteiger partial charge is 0.573 e. The molecule has 0 aliphatic carbocycles. The minimum atomic E-state index is -4.64. The van der Waals surface area contributed by atoms with Gasteiger partial charge in [0.15, 0.2) is 0 Å². The van der Waals surface area contributed by atoms with Gasteiger partial charge in [0.05, 0.1) is 0 Å². The molecule has 6 heteroatoms. The van der Waals surface area contributed by atoms with Crippen LogP contribution in [0.15, 0.2) is 24.3 Å². The lowest BCUT2D eigenvalue weighted by atomic mass is 9.88. The number of alkyl halides is 3. The predicted molar refractivity (Wildman–Crippen MR) is 65.6 cm³/mol. The Morgan fingerprint density at radius 2 is 1.84 bits per heavy atom. The van der Waals surface area contributed by atoms with E-state index < -0.39 is 6.36 Å². The van der Waals surface area contributed by atoms with Gasteiger partial charge in [-0.05, 0) is 24.1 Å². The van der Waals surface area contributed by atoms with Crippen molar-refractivity contribution in [2.45, 2.75) is 31.8 Å². The zero-order valence-electron chi connectivity index (χ0n) is 10.7. The Morgan fingerprint density at radius 1 is 1.26 bits per heavy atom. The third-order valence-corrected chi connectivity index (χ3v) is 3.34. The molecule has 1 heterocycles. The van der Waals surface area contributed by atoms with E-state index in [1.165, 1.54) is 12.1 Å². The van der Waals surface area contributed by atoms with Gasteiger partial charge in [-0.3, -0.25) is 4.90 Å². The number of ether oxygens (including phenoxy) is 1. The summed E-state index contributed by atoms with van der Waals surface area (Å²) in [5.74, 6) is -0.193. The van der Waals surface area contributed by atoms with Crippen LogP contribution in [0.5, 0.6) is 5.75 Å². The molecule has 0 atom stereocenters. The average molecular weight is 274 g/mol. The first-order valence-corrected chi connectivity index (χ1v) is 6.16. The van der Waals surface area contributed by atoms with E-state index in [1.807, 2.05) is 0 Å². The third kappa shape index (κ3) is 3.84. The van der Waals surface area contributed by atoms with E-state index in [0.717, 1.165) is 25.1 Å². The van der Waals surface area contributed by atoms with Crippen LogP contribution in [-0.4, -0.2) is 29.9 Å². The maximum Gasteiger partial charge on any atom is 0.573 e. The summed E-state index contributed by atoms with van der Waals surface area (Å²) in [5.41, 5.74) is 6.91. The van der Waals surface area contributed by atoms with Crippen molar-refractivity contribution < 1.29 is 17.9 Å². The molecule has 0 saturated carbocycles. The fourth-order valence-electron chi connectivity index (χ4n) is 2.23. The number of halogens is 3. The lowest BCUT2D eigenvalue weighted by molar-refractivity contribution is -0.274. The van der Waals surface area contributed by atoms with Crippen LogP contribution in [0.1, 0.15) is 18.9 Å². The smallest absolute Gasteiger partial charge is 0.406 e. The third-order valence-electron chi connectivity index (χ3n) is 3.34. The summed E-state index contributed by atoms with van der Waals surface area (Å²) >= 11 is 0. The Labute approximate surface area is 110 Å². The van der Waals surface area contributed by atoms with Crippen molar-refractivity contribution >= 4 is 0 Å². The molecular formula is C13H17F3N2O. The normalized spacial score (nSPS) is 19.0. The highest BCUT2D eigenvalue weighted by atomic mass is 19.4. The fourth-order valence-corrected chi connectivity index (χ4v) is 2.23. The number of benzene rings is 1. The number of nitrogens with zero attached hydrogens (tertiary/aromatic N) is 1. The molecule has 2 N–H and O–H groups in total. The van der Waals surface area contributed by atoms with Gasteiger partial charge in [0.2, 0.25) is 0 Å². The summed E-state index contributed by atoms with van der Waals surface area (Å²) in [6.45, 7) is 4.40. The second-order valence-corrected chi connectivity index (χ2v) is 5.05. The number of hydrogen-bond acceptors (Lipinski definition) is 3. The minimum Gasteiger partial charge on any atom is -0.406 e. The summed E-state index contributed by atoms with van der Waals surface area (Å²) in [4.78, 5) is 2.17. The molecule has 0 unspecified atom stereocenters. The molecule has 1 aromatic carbocycles. The van der Waals surface area contributed by atoms with Gasteiger partial charge < -0.3 is 10.5 Å². The van der Waals surface area contributed by atoms with E-state index in [4.69, 9.17) is 5.73 Å². The van der Waals surface area contributed by atoms with E-state index in [9.17, 15) is 13.2 Å². The second-order valence-electron chi connectivity index (χ2n) is 5.05. The van der Waals surface area contributed by atoms with Crippen LogP contribution in [0, 0.1) is 0 Å². The van der Waals surface area contributed by atoms with Gasteiger partial charge in [0, 0.05) is 25.2 Å². The molecule has 19 heavy (non-hydrogen) atoms. The Hall–Kier alpha value is -1.27. The molecule has 1 saturated heterocycles. The standard InChI is InChI=1S/C13H17F3N2O/c1-2-12(17)8-18(9-12)7-10-3-5-11(6-4-10)19-13(14,15)16/h3-6H,2,7-9,17H2,1H3. The SMILES string of the molecule is CCC1(N)CN(Cc2ccc(OC(F)(F)F)cc2)C1. The first kappa shape index (κ1) is 14.1. The number of hydrogen-bond donors (Lipinski definition) is 1. The molecule has 1 aromatic rings. The molecule has 106 valence electrons. The Balaban J connectivity index is 1.87. The summed E-state index contributed by atoms with van der Waals surface area (Å²) < 4.78 is 39.8. The highest BCUT2D eigenvalue weighted by molar-refractivity contribution is 5.27. The molecule has 2 rings (SSSR count). The zero-order valence-corrected chi connectivity index (χ0v) is 10.7. The molecule has 3 nitrogen and oxygen atoms in total. The van der Waals surface area contributed by atoms with Crippen molar-refractivity contribution in [1.29, 1.82) is 0 Å². The maximum absolute atomic E-state index is 12.0. The van der Waals surface area contributed by atoms with E-state index >= 15 is 0 Å². The van der Waals surface area contributed by atoms with Crippen molar-refractivity contribution in [1.82, 2.24) is 4.90 Å². The molecule has 0 bridgehead atoms. The number of rotatable bonds is 4. The van der Waals surface area contributed by atoms with Crippen LogP contribution in [0.4, 0.5) is 13.2 Å². The highest BCUT2D eigenvalue weighted by Crippen LogP contribution is 2.26.